The standard InChI is InChI=1S/C22H23ClN4O3S/c1-2-26-11-13-27(14-12-26)31(29,30)18-9-7-17(8-10-18)24-22(28)20-15-16-5-3-4-6-19(16)21(23)25-20/h3-10,15H,2,11-14H2,1H3,(H,24,28). The predicted octanol–water partition coefficient (Wildman–Crippen LogP) is 3.47. The van der Waals surface area contributed by atoms with Crippen molar-refractivity contribution in [3.63, 3.8) is 0 Å². The van der Waals surface area contributed by atoms with E-state index in [1.807, 2.05) is 24.3 Å². The molecule has 3 aromatic rings. The number of piperazine rings is 1. The van der Waals surface area contributed by atoms with Crippen LogP contribution in [-0.2, 0) is 10.0 Å². The molecule has 2 heterocycles. The highest BCUT2D eigenvalue weighted by Crippen LogP contribution is 2.24. The summed E-state index contributed by atoms with van der Waals surface area (Å²) in [5.74, 6) is -0.418. The van der Waals surface area contributed by atoms with Gasteiger partial charge in [-0.2, -0.15) is 4.31 Å². The highest BCUT2D eigenvalue weighted by Gasteiger charge is 2.28. The molecule has 0 aliphatic carbocycles. The van der Waals surface area contributed by atoms with Crippen LogP contribution in [0.25, 0.3) is 10.8 Å². The lowest BCUT2D eigenvalue weighted by Gasteiger charge is -2.33. The van der Waals surface area contributed by atoms with Gasteiger partial charge in [0.25, 0.3) is 5.91 Å². The molecular formula is C22H23ClN4O3S. The number of fused-ring (bicyclic) bond motifs is 1. The fraction of sp³-hybridized carbons (Fsp3) is 0.273. The number of carbonyl (C=O) groups is 1. The van der Waals surface area contributed by atoms with E-state index in [0.717, 1.165) is 30.4 Å². The number of nitrogens with one attached hydrogen (secondary N) is 1. The predicted molar refractivity (Wildman–Crippen MR) is 122 cm³/mol. The van der Waals surface area contributed by atoms with Gasteiger partial charge in [0.05, 0.1) is 4.90 Å². The van der Waals surface area contributed by atoms with E-state index in [-0.39, 0.29) is 15.7 Å². The molecule has 0 unspecified atom stereocenters. The summed E-state index contributed by atoms with van der Waals surface area (Å²) >= 11 is 6.21. The summed E-state index contributed by atoms with van der Waals surface area (Å²) in [4.78, 5) is 19.2. The molecule has 1 amide bonds. The lowest BCUT2D eigenvalue weighted by Crippen LogP contribution is -2.48. The van der Waals surface area contributed by atoms with E-state index in [4.69, 9.17) is 11.6 Å². The minimum Gasteiger partial charge on any atom is -0.321 e. The average molecular weight is 459 g/mol. The Balaban J connectivity index is 1.48. The molecule has 0 spiro atoms. The van der Waals surface area contributed by atoms with Crippen molar-refractivity contribution in [1.29, 1.82) is 0 Å². The van der Waals surface area contributed by atoms with Crippen LogP contribution >= 0.6 is 11.6 Å². The van der Waals surface area contributed by atoms with Crippen LogP contribution in [0.5, 0.6) is 0 Å². The van der Waals surface area contributed by atoms with Crippen molar-refractivity contribution in [3.05, 3.63) is 65.4 Å². The van der Waals surface area contributed by atoms with Gasteiger partial charge in [-0.25, -0.2) is 13.4 Å². The van der Waals surface area contributed by atoms with Crippen LogP contribution in [0.4, 0.5) is 5.69 Å². The molecule has 1 aliphatic heterocycles. The number of likely N-dealkylation sites (N-methyl/N-ethyl adjacent to an activating group) is 1. The molecular weight excluding hydrogens is 436 g/mol. The molecule has 9 heteroatoms. The van der Waals surface area contributed by atoms with Crippen LogP contribution in [0.2, 0.25) is 5.15 Å². The Hall–Kier alpha value is -2.52. The second kappa shape index (κ2) is 8.92. The van der Waals surface area contributed by atoms with E-state index < -0.39 is 15.9 Å². The zero-order chi connectivity index (χ0) is 22.0. The highest BCUT2D eigenvalue weighted by molar-refractivity contribution is 7.89. The Bertz CT molecular complexity index is 1210. The molecule has 0 radical (unpaired) electrons. The molecule has 162 valence electrons. The molecule has 1 N–H and O–H groups in total. The number of nitrogens with zero attached hydrogens (tertiary/aromatic N) is 3. The largest absolute Gasteiger partial charge is 0.321 e. The van der Waals surface area contributed by atoms with Gasteiger partial charge >= 0.3 is 0 Å². The van der Waals surface area contributed by atoms with E-state index >= 15 is 0 Å². The monoisotopic (exact) mass is 458 g/mol. The van der Waals surface area contributed by atoms with Gasteiger partial charge in [-0.15, -0.1) is 0 Å². The maximum Gasteiger partial charge on any atom is 0.274 e. The Kier molecular flexibility index (Phi) is 6.24. The molecule has 1 aliphatic rings. The smallest absolute Gasteiger partial charge is 0.274 e. The molecule has 7 nitrogen and oxygen atoms in total. The number of rotatable bonds is 5. The first-order valence-corrected chi connectivity index (χ1v) is 11.9. The summed E-state index contributed by atoms with van der Waals surface area (Å²) < 4.78 is 27.3. The summed E-state index contributed by atoms with van der Waals surface area (Å²) in [5.41, 5.74) is 0.667. The first kappa shape index (κ1) is 21.7. The molecule has 0 bridgehead atoms. The number of hydrogen-bond acceptors (Lipinski definition) is 5. The summed E-state index contributed by atoms with van der Waals surface area (Å²) in [6.45, 7) is 5.39. The van der Waals surface area contributed by atoms with E-state index in [1.165, 1.54) is 16.4 Å². The Morgan fingerprint density at radius 2 is 1.74 bits per heavy atom. The molecule has 1 fully saturated rings. The van der Waals surface area contributed by atoms with Gasteiger partial charge in [-0.1, -0.05) is 42.8 Å². The number of carbonyl (C=O) groups excluding carboxylic acids is 1. The molecule has 1 saturated heterocycles. The molecule has 1 aromatic heterocycles. The number of benzene rings is 2. The van der Waals surface area contributed by atoms with Gasteiger partial charge in [0, 0.05) is 37.3 Å². The average Bonchev–Trinajstić information content (AvgIpc) is 2.79. The van der Waals surface area contributed by atoms with Crippen molar-refractivity contribution in [3.8, 4) is 0 Å². The van der Waals surface area contributed by atoms with Crippen LogP contribution in [0, 0.1) is 0 Å². The lowest BCUT2D eigenvalue weighted by atomic mass is 10.1. The van der Waals surface area contributed by atoms with Gasteiger partial charge in [0.15, 0.2) is 0 Å². The van der Waals surface area contributed by atoms with E-state index in [9.17, 15) is 13.2 Å². The quantitative estimate of drug-likeness (QED) is 0.592. The fourth-order valence-electron chi connectivity index (χ4n) is 3.61. The third-order valence-corrected chi connectivity index (χ3v) is 7.66. The van der Waals surface area contributed by atoms with Gasteiger partial charge < -0.3 is 10.2 Å². The second-order valence-electron chi connectivity index (χ2n) is 7.34. The maximum absolute atomic E-state index is 12.9. The van der Waals surface area contributed by atoms with E-state index in [2.05, 4.69) is 22.1 Å². The number of halogens is 1. The van der Waals surface area contributed by atoms with Crippen LogP contribution in [-0.4, -0.2) is 61.2 Å². The Morgan fingerprint density at radius 1 is 1.06 bits per heavy atom. The van der Waals surface area contributed by atoms with E-state index in [1.54, 1.807) is 18.2 Å². The van der Waals surface area contributed by atoms with Crippen molar-refractivity contribution in [1.82, 2.24) is 14.2 Å². The third-order valence-electron chi connectivity index (χ3n) is 5.45. The van der Waals surface area contributed by atoms with Gasteiger partial charge in [-0.3, -0.25) is 4.79 Å². The lowest BCUT2D eigenvalue weighted by molar-refractivity contribution is 0.102. The summed E-state index contributed by atoms with van der Waals surface area (Å²) in [7, 11) is -3.56. The van der Waals surface area contributed by atoms with Crippen molar-refractivity contribution in [2.24, 2.45) is 0 Å². The molecule has 0 atom stereocenters. The normalized spacial score (nSPS) is 15.8. The number of hydrogen-bond donors (Lipinski definition) is 1. The van der Waals surface area contributed by atoms with Gasteiger partial charge in [0.2, 0.25) is 10.0 Å². The third kappa shape index (κ3) is 4.57. The van der Waals surface area contributed by atoms with Crippen LogP contribution in [0.3, 0.4) is 0 Å². The van der Waals surface area contributed by atoms with Crippen molar-refractivity contribution in [2.75, 3.05) is 38.0 Å². The molecule has 2 aromatic carbocycles. The molecule has 4 rings (SSSR count). The Morgan fingerprint density at radius 3 is 2.42 bits per heavy atom. The summed E-state index contributed by atoms with van der Waals surface area (Å²) in [6, 6.07) is 15.3. The first-order chi connectivity index (χ1) is 14.9. The van der Waals surface area contributed by atoms with E-state index in [0.29, 0.717) is 18.8 Å². The van der Waals surface area contributed by atoms with Crippen LogP contribution < -0.4 is 5.32 Å². The van der Waals surface area contributed by atoms with Gasteiger partial charge in [-0.05, 0) is 42.3 Å². The number of sulfonamides is 1. The Labute approximate surface area is 186 Å². The first-order valence-electron chi connectivity index (χ1n) is 10.1. The SMILES string of the molecule is CCN1CCN(S(=O)(=O)c2ccc(NC(=O)c3cc4ccccc4c(Cl)n3)cc2)CC1. The zero-order valence-electron chi connectivity index (χ0n) is 17.1. The topological polar surface area (TPSA) is 82.6 Å². The van der Waals surface area contributed by atoms with Crippen molar-refractivity contribution < 1.29 is 13.2 Å². The van der Waals surface area contributed by atoms with Crippen LogP contribution in [0.15, 0.2) is 59.5 Å². The number of amides is 1. The zero-order valence-corrected chi connectivity index (χ0v) is 18.7. The molecule has 0 saturated carbocycles. The second-order valence-corrected chi connectivity index (χ2v) is 9.63. The van der Waals surface area contributed by atoms with Crippen molar-refractivity contribution >= 4 is 44.0 Å². The fourth-order valence-corrected chi connectivity index (χ4v) is 5.30. The minimum absolute atomic E-state index is 0.189. The number of anilines is 1. The maximum atomic E-state index is 12.9. The molecule has 31 heavy (non-hydrogen) atoms. The minimum atomic E-state index is -3.56. The number of aromatic nitrogens is 1. The van der Waals surface area contributed by atoms with Crippen LogP contribution in [0.1, 0.15) is 17.4 Å². The highest BCUT2D eigenvalue weighted by atomic mass is 35.5. The number of pyridine rings is 1. The van der Waals surface area contributed by atoms with Gasteiger partial charge in [0.1, 0.15) is 10.8 Å². The van der Waals surface area contributed by atoms with Crippen molar-refractivity contribution in [2.45, 2.75) is 11.8 Å². The summed E-state index contributed by atoms with van der Waals surface area (Å²) in [6.07, 6.45) is 0. The summed E-state index contributed by atoms with van der Waals surface area (Å²) in [5, 5.41) is 4.59.